The van der Waals surface area contributed by atoms with E-state index in [1.165, 1.54) is 38.9 Å². The van der Waals surface area contributed by atoms with Gasteiger partial charge in [-0.2, -0.15) is 0 Å². The van der Waals surface area contributed by atoms with Gasteiger partial charge in [0, 0.05) is 35.1 Å². The second-order valence-corrected chi connectivity index (χ2v) is 6.98. The van der Waals surface area contributed by atoms with Gasteiger partial charge in [0.05, 0.1) is 0 Å². The fraction of sp³-hybridized carbons (Fsp3) is 0.208. The predicted octanol–water partition coefficient (Wildman–Crippen LogP) is 5.83. The Morgan fingerprint density at radius 1 is 1.15 bits per heavy atom. The highest BCUT2D eigenvalue weighted by molar-refractivity contribution is 6.00. The topological polar surface area (TPSA) is 22.0 Å². The molecule has 0 radical (unpaired) electrons. The van der Waals surface area contributed by atoms with Crippen molar-refractivity contribution in [3.05, 3.63) is 82.1 Å². The molecule has 0 bridgehead atoms. The molecule has 0 saturated heterocycles. The van der Waals surface area contributed by atoms with Gasteiger partial charge in [0.1, 0.15) is 0 Å². The molecule has 0 amide bonds. The van der Waals surface area contributed by atoms with Crippen molar-refractivity contribution in [1.29, 1.82) is 0 Å². The third-order valence-electron chi connectivity index (χ3n) is 5.30. The number of fused-ring (bicyclic) bond motifs is 3. The van der Waals surface area contributed by atoms with Gasteiger partial charge in [0.15, 0.2) is 5.78 Å². The number of nitrogens with zero attached hydrogens (tertiary/aromatic N) is 1. The maximum Gasteiger partial charge on any atom is 0.159 e. The van der Waals surface area contributed by atoms with Crippen LogP contribution in [-0.2, 0) is 13.0 Å². The number of aryl methyl sites for hydroxylation is 2. The van der Waals surface area contributed by atoms with E-state index in [4.69, 9.17) is 0 Å². The number of aromatic nitrogens is 1. The Balaban J connectivity index is 1.86. The van der Waals surface area contributed by atoms with Gasteiger partial charge in [-0.05, 0) is 67.3 Å². The van der Waals surface area contributed by atoms with Gasteiger partial charge in [-0.1, -0.05) is 36.4 Å². The molecule has 0 saturated carbocycles. The highest BCUT2D eigenvalue weighted by Gasteiger charge is 2.19. The molecule has 0 N–H and O–H groups in total. The van der Waals surface area contributed by atoms with Crippen LogP contribution in [0.25, 0.3) is 23.1 Å². The minimum atomic E-state index is 0.118. The number of carbonyl (C=O) groups is 1. The smallest absolute Gasteiger partial charge is 0.159 e. The van der Waals surface area contributed by atoms with Crippen molar-refractivity contribution < 1.29 is 4.79 Å². The zero-order valence-corrected chi connectivity index (χ0v) is 15.5. The molecule has 0 atom stereocenters. The highest BCUT2D eigenvalue weighted by atomic mass is 16.1. The number of hydrogen-bond acceptors (Lipinski definition) is 1. The molecule has 1 heterocycles. The Morgan fingerprint density at radius 3 is 2.69 bits per heavy atom. The normalized spacial score (nSPS) is 14.8. The van der Waals surface area contributed by atoms with Crippen LogP contribution in [0.4, 0.5) is 0 Å². The van der Waals surface area contributed by atoms with Crippen LogP contribution in [0, 0.1) is 6.92 Å². The van der Waals surface area contributed by atoms with Crippen LogP contribution in [0.3, 0.4) is 0 Å². The molecule has 130 valence electrons. The van der Waals surface area contributed by atoms with Crippen LogP contribution in [0.2, 0.25) is 0 Å². The number of carbonyl (C=O) groups excluding carboxylic acids is 1. The summed E-state index contributed by atoms with van der Waals surface area (Å²) in [5, 5.41) is 1.20. The van der Waals surface area contributed by atoms with Crippen molar-refractivity contribution in [3.63, 3.8) is 0 Å². The lowest BCUT2D eigenvalue weighted by atomic mass is 9.93. The first kappa shape index (κ1) is 16.6. The number of Topliss-reactive ketones (excluding diaryl/α,β-unsaturated/α-hetero) is 1. The molecule has 0 spiro atoms. The summed E-state index contributed by atoms with van der Waals surface area (Å²) in [5.41, 5.74) is 8.44. The third-order valence-corrected chi connectivity index (χ3v) is 5.30. The Morgan fingerprint density at radius 2 is 1.96 bits per heavy atom. The minimum Gasteiger partial charge on any atom is -0.341 e. The molecular weight excluding hydrogens is 318 g/mol. The zero-order valence-electron chi connectivity index (χ0n) is 15.5. The Hall–Kier alpha value is -2.87. The van der Waals surface area contributed by atoms with Crippen molar-refractivity contribution in [1.82, 2.24) is 4.57 Å². The van der Waals surface area contributed by atoms with E-state index >= 15 is 0 Å². The summed E-state index contributed by atoms with van der Waals surface area (Å²) in [4.78, 5) is 11.8. The van der Waals surface area contributed by atoms with Gasteiger partial charge in [-0.3, -0.25) is 4.79 Å². The quantitative estimate of drug-likeness (QED) is 0.550. The fourth-order valence-electron chi connectivity index (χ4n) is 3.88. The van der Waals surface area contributed by atoms with Gasteiger partial charge in [0.2, 0.25) is 0 Å². The monoisotopic (exact) mass is 341 g/mol. The van der Waals surface area contributed by atoms with Gasteiger partial charge < -0.3 is 4.57 Å². The van der Waals surface area contributed by atoms with Crippen LogP contribution >= 0.6 is 0 Å². The fourth-order valence-corrected chi connectivity index (χ4v) is 3.88. The molecule has 0 fully saturated rings. The van der Waals surface area contributed by atoms with Crippen molar-refractivity contribution in [2.24, 2.45) is 0 Å². The van der Waals surface area contributed by atoms with Gasteiger partial charge in [0.25, 0.3) is 0 Å². The maximum atomic E-state index is 11.8. The first-order chi connectivity index (χ1) is 12.6. The van der Waals surface area contributed by atoms with Crippen molar-refractivity contribution >= 4 is 28.8 Å². The summed E-state index contributed by atoms with van der Waals surface area (Å²) in [6.45, 7) is 6.87. The van der Waals surface area contributed by atoms with E-state index in [1.54, 1.807) is 6.92 Å². The van der Waals surface area contributed by atoms with E-state index in [1.807, 2.05) is 6.07 Å². The maximum absolute atomic E-state index is 11.8. The largest absolute Gasteiger partial charge is 0.341 e. The standard InChI is InChI=1S/C24H23NO/c1-4-25-23-11-9-18(13-19-8-6-5-7-16(19)2)14-21(23)22-15-20(17(3)26)10-12-24(22)25/h5-13,15H,4,14H2,1-3H3. The molecule has 0 unspecified atom stereocenters. The van der Waals surface area contributed by atoms with E-state index in [2.05, 4.69) is 73.0 Å². The van der Waals surface area contributed by atoms with E-state index in [9.17, 15) is 4.79 Å². The summed E-state index contributed by atoms with van der Waals surface area (Å²) < 4.78 is 2.34. The van der Waals surface area contributed by atoms with Crippen molar-refractivity contribution in [2.75, 3.05) is 0 Å². The first-order valence-corrected chi connectivity index (χ1v) is 9.19. The molecular formula is C24H23NO. The SMILES string of the molecule is CCn1c2c(c3cc(C(C)=O)ccc31)CC(=Cc1ccccc1C)C=C2. The van der Waals surface area contributed by atoms with Gasteiger partial charge >= 0.3 is 0 Å². The predicted molar refractivity (Wildman–Crippen MR) is 110 cm³/mol. The summed E-state index contributed by atoms with van der Waals surface area (Å²) in [5.74, 6) is 0.118. The molecule has 1 aromatic heterocycles. The van der Waals surface area contributed by atoms with E-state index < -0.39 is 0 Å². The number of rotatable bonds is 3. The number of allylic oxidation sites excluding steroid dienone is 2. The van der Waals surface area contributed by atoms with Gasteiger partial charge in [-0.25, -0.2) is 0 Å². The summed E-state index contributed by atoms with van der Waals surface area (Å²) in [6, 6.07) is 14.6. The zero-order chi connectivity index (χ0) is 18.3. The Bertz CT molecular complexity index is 1080. The van der Waals surface area contributed by atoms with Crippen LogP contribution in [0.15, 0.2) is 54.1 Å². The number of ketones is 1. The average molecular weight is 341 g/mol. The molecule has 0 aliphatic heterocycles. The van der Waals surface area contributed by atoms with E-state index in [0.29, 0.717) is 0 Å². The van der Waals surface area contributed by atoms with Crippen LogP contribution in [0.1, 0.15) is 46.6 Å². The average Bonchev–Trinajstić information content (AvgIpc) is 2.96. The van der Waals surface area contributed by atoms with E-state index in [0.717, 1.165) is 18.5 Å². The molecule has 2 aromatic carbocycles. The number of benzene rings is 2. The van der Waals surface area contributed by atoms with Crippen LogP contribution < -0.4 is 0 Å². The number of hydrogen-bond donors (Lipinski definition) is 0. The molecule has 1 aliphatic rings. The lowest BCUT2D eigenvalue weighted by molar-refractivity contribution is 0.101. The summed E-state index contributed by atoms with van der Waals surface area (Å²) in [6.07, 6.45) is 7.62. The van der Waals surface area contributed by atoms with Crippen LogP contribution in [0.5, 0.6) is 0 Å². The third kappa shape index (κ3) is 2.72. The molecule has 2 nitrogen and oxygen atoms in total. The summed E-state index contributed by atoms with van der Waals surface area (Å²) in [7, 11) is 0. The van der Waals surface area contributed by atoms with Crippen molar-refractivity contribution in [3.8, 4) is 0 Å². The lowest BCUT2D eigenvalue weighted by Crippen LogP contribution is -2.01. The molecule has 1 aliphatic carbocycles. The first-order valence-electron chi connectivity index (χ1n) is 9.19. The summed E-state index contributed by atoms with van der Waals surface area (Å²) >= 11 is 0. The molecule has 2 heteroatoms. The highest BCUT2D eigenvalue weighted by Crippen LogP contribution is 2.34. The van der Waals surface area contributed by atoms with E-state index in [-0.39, 0.29) is 5.78 Å². The Labute approximate surface area is 154 Å². The molecule has 26 heavy (non-hydrogen) atoms. The van der Waals surface area contributed by atoms with Crippen molar-refractivity contribution in [2.45, 2.75) is 33.7 Å². The minimum absolute atomic E-state index is 0.118. The molecule has 3 aromatic rings. The van der Waals surface area contributed by atoms with Gasteiger partial charge in [-0.15, -0.1) is 0 Å². The molecule has 4 rings (SSSR count). The lowest BCUT2D eigenvalue weighted by Gasteiger charge is -2.13. The van der Waals surface area contributed by atoms with Crippen LogP contribution in [-0.4, -0.2) is 10.4 Å². The Kier molecular flexibility index (Phi) is 4.12. The second-order valence-electron chi connectivity index (χ2n) is 6.98. The second kappa shape index (κ2) is 6.45.